The molecule has 1 aromatic rings. The van der Waals surface area contributed by atoms with Crippen LogP contribution in [0.5, 0.6) is 0 Å². The third-order valence-electron chi connectivity index (χ3n) is 4.43. The molecule has 1 aromatic carbocycles. The van der Waals surface area contributed by atoms with E-state index < -0.39 is 0 Å². The van der Waals surface area contributed by atoms with Gasteiger partial charge in [-0.25, -0.2) is 0 Å². The Bertz CT molecular complexity index is 447. The van der Waals surface area contributed by atoms with Crippen molar-refractivity contribution in [1.29, 1.82) is 5.26 Å². The summed E-state index contributed by atoms with van der Waals surface area (Å²) in [4.78, 5) is 0. The molecule has 0 N–H and O–H groups in total. The lowest BCUT2D eigenvalue weighted by Crippen LogP contribution is -2.14. The van der Waals surface area contributed by atoms with Gasteiger partial charge < -0.3 is 0 Å². The molecule has 19 heavy (non-hydrogen) atoms. The average Bonchev–Trinajstić information content (AvgIpc) is 2.47. The molecule has 0 spiro atoms. The van der Waals surface area contributed by atoms with Gasteiger partial charge in [0.25, 0.3) is 0 Å². The Morgan fingerprint density at radius 3 is 2.53 bits per heavy atom. The standard InChI is InChI=1S/C18H23N/c1-2-5-15-8-10-16(11-9-15)12-13-17-6-3-4-7-18(17)14-19/h2-4,6-7,15-16H,1,5,8-13H2. The van der Waals surface area contributed by atoms with Crippen LogP contribution < -0.4 is 0 Å². The summed E-state index contributed by atoms with van der Waals surface area (Å²) in [6, 6.07) is 10.3. The highest BCUT2D eigenvalue weighted by molar-refractivity contribution is 5.37. The van der Waals surface area contributed by atoms with Gasteiger partial charge in [-0.05, 0) is 55.6 Å². The molecule has 0 amide bonds. The first-order valence-corrected chi connectivity index (χ1v) is 7.42. The van der Waals surface area contributed by atoms with Gasteiger partial charge in [-0.1, -0.05) is 37.1 Å². The van der Waals surface area contributed by atoms with Crippen LogP contribution in [0.4, 0.5) is 0 Å². The third kappa shape index (κ3) is 3.96. The Kier molecular flexibility index (Phi) is 5.21. The molecule has 0 atom stereocenters. The van der Waals surface area contributed by atoms with Crippen LogP contribution in [0.25, 0.3) is 0 Å². The lowest BCUT2D eigenvalue weighted by molar-refractivity contribution is 0.265. The van der Waals surface area contributed by atoms with Crippen LogP contribution in [-0.4, -0.2) is 0 Å². The Hall–Kier alpha value is -1.55. The molecule has 1 aliphatic rings. The number of benzene rings is 1. The van der Waals surface area contributed by atoms with Crippen LogP contribution in [0, 0.1) is 23.2 Å². The molecule has 0 heterocycles. The molecule has 2 rings (SSSR count). The van der Waals surface area contributed by atoms with Crippen molar-refractivity contribution < 1.29 is 0 Å². The monoisotopic (exact) mass is 253 g/mol. The fraction of sp³-hybridized carbons (Fsp3) is 0.500. The van der Waals surface area contributed by atoms with Crippen molar-refractivity contribution in [3.63, 3.8) is 0 Å². The summed E-state index contributed by atoms with van der Waals surface area (Å²) in [7, 11) is 0. The number of hydrogen-bond donors (Lipinski definition) is 0. The molecule has 0 aromatic heterocycles. The van der Waals surface area contributed by atoms with Crippen LogP contribution in [-0.2, 0) is 6.42 Å². The minimum absolute atomic E-state index is 0.850. The lowest BCUT2D eigenvalue weighted by atomic mass is 9.78. The van der Waals surface area contributed by atoms with E-state index in [1.54, 1.807) is 0 Å². The highest BCUT2D eigenvalue weighted by Gasteiger charge is 2.20. The topological polar surface area (TPSA) is 23.8 Å². The predicted octanol–water partition coefficient (Wildman–Crippen LogP) is 4.87. The number of allylic oxidation sites excluding steroid dienone is 1. The van der Waals surface area contributed by atoms with E-state index >= 15 is 0 Å². The van der Waals surface area contributed by atoms with Gasteiger partial charge in [0.1, 0.15) is 0 Å². The van der Waals surface area contributed by atoms with Crippen molar-refractivity contribution in [1.82, 2.24) is 0 Å². The maximum absolute atomic E-state index is 9.09. The molecule has 0 saturated heterocycles. The molecule has 1 saturated carbocycles. The number of hydrogen-bond acceptors (Lipinski definition) is 1. The van der Waals surface area contributed by atoms with E-state index in [4.69, 9.17) is 5.26 Å². The van der Waals surface area contributed by atoms with Crippen LogP contribution in [0.15, 0.2) is 36.9 Å². The van der Waals surface area contributed by atoms with Gasteiger partial charge in [0.15, 0.2) is 0 Å². The van der Waals surface area contributed by atoms with Crippen molar-refractivity contribution in [3.05, 3.63) is 48.0 Å². The van der Waals surface area contributed by atoms with Crippen molar-refractivity contribution in [2.45, 2.75) is 44.9 Å². The average molecular weight is 253 g/mol. The van der Waals surface area contributed by atoms with Crippen molar-refractivity contribution >= 4 is 0 Å². The Morgan fingerprint density at radius 2 is 1.84 bits per heavy atom. The summed E-state index contributed by atoms with van der Waals surface area (Å²) < 4.78 is 0. The summed E-state index contributed by atoms with van der Waals surface area (Å²) in [6.07, 6.45) is 11.0. The van der Waals surface area contributed by atoms with E-state index in [0.717, 1.165) is 23.8 Å². The number of nitrogens with zero attached hydrogens (tertiary/aromatic N) is 1. The number of nitriles is 1. The van der Waals surface area contributed by atoms with Gasteiger partial charge >= 0.3 is 0 Å². The van der Waals surface area contributed by atoms with E-state index in [1.165, 1.54) is 44.1 Å². The number of aryl methyl sites for hydroxylation is 1. The Labute approximate surface area is 117 Å². The highest BCUT2D eigenvalue weighted by Crippen LogP contribution is 2.33. The van der Waals surface area contributed by atoms with Crippen LogP contribution >= 0.6 is 0 Å². The molecule has 0 aliphatic heterocycles. The maximum Gasteiger partial charge on any atom is 0.0994 e. The largest absolute Gasteiger partial charge is 0.192 e. The second-order valence-corrected chi connectivity index (χ2v) is 5.72. The molecule has 0 bridgehead atoms. The summed E-state index contributed by atoms with van der Waals surface area (Å²) >= 11 is 0. The lowest BCUT2D eigenvalue weighted by Gasteiger charge is -2.27. The molecule has 1 fully saturated rings. The fourth-order valence-electron chi connectivity index (χ4n) is 3.20. The van der Waals surface area contributed by atoms with Crippen molar-refractivity contribution in [2.75, 3.05) is 0 Å². The van der Waals surface area contributed by atoms with Gasteiger partial charge in [-0.15, -0.1) is 6.58 Å². The van der Waals surface area contributed by atoms with Gasteiger partial charge in [0.2, 0.25) is 0 Å². The minimum atomic E-state index is 0.850. The fourth-order valence-corrected chi connectivity index (χ4v) is 3.20. The van der Waals surface area contributed by atoms with Gasteiger partial charge in [-0.3, -0.25) is 0 Å². The molecule has 100 valence electrons. The molecular weight excluding hydrogens is 230 g/mol. The first kappa shape index (κ1) is 13.9. The van der Waals surface area contributed by atoms with Crippen molar-refractivity contribution in [3.8, 4) is 6.07 Å². The van der Waals surface area contributed by atoms with E-state index in [9.17, 15) is 0 Å². The summed E-state index contributed by atoms with van der Waals surface area (Å²) in [5.41, 5.74) is 2.07. The zero-order chi connectivity index (χ0) is 13.5. The molecule has 1 nitrogen and oxygen atoms in total. The van der Waals surface area contributed by atoms with Crippen molar-refractivity contribution in [2.24, 2.45) is 11.8 Å². The van der Waals surface area contributed by atoms with E-state index in [-0.39, 0.29) is 0 Å². The van der Waals surface area contributed by atoms with Gasteiger partial charge in [-0.2, -0.15) is 5.26 Å². The first-order valence-electron chi connectivity index (χ1n) is 7.42. The van der Waals surface area contributed by atoms with Crippen LogP contribution in [0.2, 0.25) is 0 Å². The summed E-state index contributed by atoms with van der Waals surface area (Å²) in [5.74, 6) is 1.73. The highest BCUT2D eigenvalue weighted by atomic mass is 14.3. The number of rotatable bonds is 5. The van der Waals surface area contributed by atoms with E-state index in [1.807, 2.05) is 18.2 Å². The smallest absolute Gasteiger partial charge is 0.0994 e. The molecular formula is C18H23N. The minimum Gasteiger partial charge on any atom is -0.192 e. The van der Waals surface area contributed by atoms with E-state index in [0.29, 0.717) is 0 Å². The Morgan fingerprint density at radius 1 is 1.16 bits per heavy atom. The molecule has 0 unspecified atom stereocenters. The molecule has 1 heteroatoms. The summed E-state index contributed by atoms with van der Waals surface area (Å²) in [5, 5.41) is 9.09. The normalized spacial score (nSPS) is 22.7. The zero-order valence-corrected chi connectivity index (χ0v) is 11.6. The third-order valence-corrected chi connectivity index (χ3v) is 4.43. The van der Waals surface area contributed by atoms with E-state index in [2.05, 4.69) is 24.8 Å². The van der Waals surface area contributed by atoms with Gasteiger partial charge in [0.05, 0.1) is 11.6 Å². The van der Waals surface area contributed by atoms with Crippen LogP contribution in [0.3, 0.4) is 0 Å². The first-order chi connectivity index (χ1) is 9.33. The predicted molar refractivity (Wildman–Crippen MR) is 79.7 cm³/mol. The summed E-state index contributed by atoms with van der Waals surface area (Å²) in [6.45, 7) is 3.84. The second kappa shape index (κ2) is 7.14. The van der Waals surface area contributed by atoms with Gasteiger partial charge in [0, 0.05) is 0 Å². The second-order valence-electron chi connectivity index (χ2n) is 5.72. The zero-order valence-electron chi connectivity index (χ0n) is 11.6. The quantitative estimate of drug-likeness (QED) is 0.686. The SMILES string of the molecule is C=CCC1CCC(CCc2ccccc2C#N)CC1. The van der Waals surface area contributed by atoms with Crippen LogP contribution in [0.1, 0.15) is 49.7 Å². The molecule has 0 radical (unpaired) electrons. The maximum atomic E-state index is 9.09. The molecule has 1 aliphatic carbocycles. The Balaban J connectivity index is 1.81.